The van der Waals surface area contributed by atoms with Crippen LogP contribution in [0.5, 0.6) is 11.6 Å². The molecule has 116 valence electrons. The number of aliphatic hydroxyl groups excluding tert-OH is 1. The summed E-state index contributed by atoms with van der Waals surface area (Å²) in [5.41, 5.74) is 0.426. The van der Waals surface area contributed by atoms with Gasteiger partial charge >= 0.3 is 0 Å². The maximum Gasteiger partial charge on any atom is 0.251 e. The molecule has 0 saturated heterocycles. The van der Waals surface area contributed by atoms with Gasteiger partial charge in [0.15, 0.2) is 0 Å². The molecule has 1 aromatic heterocycles. The normalized spacial score (nSPS) is 11.8. The lowest BCUT2D eigenvalue weighted by molar-refractivity contribution is 0.0923. The minimum Gasteiger partial charge on any atom is -0.439 e. The van der Waals surface area contributed by atoms with E-state index >= 15 is 0 Å². The van der Waals surface area contributed by atoms with Crippen LogP contribution < -0.4 is 10.1 Å². The third-order valence-corrected chi connectivity index (χ3v) is 2.85. The van der Waals surface area contributed by atoms with Gasteiger partial charge in [0.25, 0.3) is 5.91 Å². The Kier molecular flexibility index (Phi) is 5.30. The van der Waals surface area contributed by atoms with E-state index in [4.69, 9.17) is 16.3 Å². The summed E-state index contributed by atoms with van der Waals surface area (Å²) in [5, 5.41) is 12.1. The van der Waals surface area contributed by atoms with E-state index in [0.717, 1.165) is 0 Å². The van der Waals surface area contributed by atoms with E-state index in [1.54, 1.807) is 38.1 Å². The van der Waals surface area contributed by atoms with Crippen molar-refractivity contribution in [3.63, 3.8) is 0 Å². The molecule has 1 aromatic carbocycles. The quantitative estimate of drug-likeness (QED) is 0.826. The summed E-state index contributed by atoms with van der Waals surface area (Å²) in [5.74, 6) is 0.967. The molecule has 22 heavy (non-hydrogen) atoms. The van der Waals surface area contributed by atoms with Crippen LogP contribution in [-0.4, -0.2) is 33.6 Å². The zero-order chi connectivity index (χ0) is 16.1. The first kappa shape index (κ1) is 16.2. The molecular weight excluding hydrogens is 306 g/mol. The van der Waals surface area contributed by atoms with Crippen molar-refractivity contribution in [3.8, 4) is 11.6 Å². The molecule has 1 heterocycles. The molecule has 7 heteroatoms. The summed E-state index contributed by atoms with van der Waals surface area (Å²) in [6.45, 7) is 3.49. The number of nitrogens with one attached hydrogen (secondary N) is 1. The highest BCUT2D eigenvalue weighted by Gasteiger charge is 2.09. The molecule has 1 atom stereocenters. The number of hydrogen-bond donors (Lipinski definition) is 2. The monoisotopic (exact) mass is 321 g/mol. The Balaban J connectivity index is 2.12. The van der Waals surface area contributed by atoms with Crippen molar-refractivity contribution >= 4 is 17.5 Å². The van der Waals surface area contributed by atoms with Gasteiger partial charge in [-0.1, -0.05) is 17.7 Å². The summed E-state index contributed by atoms with van der Waals surface area (Å²) in [7, 11) is 0. The lowest BCUT2D eigenvalue weighted by atomic mass is 10.2. The Hall–Kier alpha value is -2.18. The van der Waals surface area contributed by atoms with Gasteiger partial charge in [0.2, 0.25) is 5.88 Å². The summed E-state index contributed by atoms with van der Waals surface area (Å²) in [6.07, 6.45) is -0.602. The van der Waals surface area contributed by atoms with E-state index in [1.165, 1.54) is 6.07 Å². The van der Waals surface area contributed by atoms with Gasteiger partial charge in [0.05, 0.1) is 6.10 Å². The topological polar surface area (TPSA) is 84.3 Å². The van der Waals surface area contributed by atoms with Crippen molar-refractivity contribution < 1.29 is 14.6 Å². The van der Waals surface area contributed by atoms with Crippen molar-refractivity contribution in [2.24, 2.45) is 0 Å². The van der Waals surface area contributed by atoms with Crippen molar-refractivity contribution in [2.45, 2.75) is 20.0 Å². The van der Waals surface area contributed by atoms with E-state index < -0.39 is 6.10 Å². The van der Waals surface area contributed by atoms with Crippen LogP contribution in [0.1, 0.15) is 23.1 Å². The molecule has 0 saturated carbocycles. The number of halogens is 1. The van der Waals surface area contributed by atoms with E-state index in [2.05, 4.69) is 15.3 Å². The molecular formula is C15H16ClN3O3. The largest absolute Gasteiger partial charge is 0.439 e. The van der Waals surface area contributed by atoms with E-state index in [0.29, 0.717) is 23.0 Å². The highest BCUT2D eigenvalue weighted by molar-refractivity contribution is 6.29. The van der Waals surface area contributed by atoms with Crippen molar-refractivity contribution in [1.29, 1.82) is 0 Å². The molecule has 6 nitrogen and oxygen atoms in total. The second-order valence-electron chi connectivity index (χ2n) is 4.77. The van der Waals surface area contributed by atoms with Gasteiger partial charge in [0, 0.05) is 18.2 Å². The van der Waals surface area contributed by atoms with Crippen LogP contribution in [-0.2, 0) is 0 Å². The fraction of sp³-hybridized carbons (Fsp3) is 0.267. The molecule has 0 spiro atoms. The zero-order valence-electron chi connectivity index (χ0n) is 12.2. The summed E-state index contributed by atoms with van der Waals surface area (Å²) >= 11 is 5.85. The molecule has 0 radical (unpaired) electrons. The molecule has 0 aliphatic carbocycles. The predicted molar refractivity (Wildman–Crippen MR) is 82.3 cm³/mol. The summed E-state index contributed by atoms with van der Waals surface area (Å²) < 4.78 is 5.59. The number of aromatic nitrogens is 2. The van der Waals surface area contributed by atoms with E-state index in [-0.39, 0.29) is 17.6 Å². The Labute approximate surface area is 133 Å². The third-order valence-electron chi connectivity index (χ3n) is 2.66. The van der Waals surface area contributed by atoms with Gasteiger partial charge in [-0.15, -0.1) is 0 Å². The maximum atomic E-state index is 11.9. The highest BCUT2D eigenvalue weighted by atomic mass is 35.5. The third kappa shape index (κ3) is 4.68. The lowest BCUT2D eigenvalue weighted by Gasteiger charge is -2.09. The number of aryl methyl sites for hydroxylation is 1. The van der Waals surface area contributed by atoms with Crippen molar-refractivity contribution in [1.82, 2.24) is 15.3 Å². The second-order valence-corrected chi connectivity index (χ2v) is 5.15. The van der Waals surface area contributed by atoms with Gasteiger partial charge in [-0.3, -0.25) is 4.79 Å². The number of benzene rings is 1. The molecule has 0 aliphatic rings. The summed E-state index contributed by atoms with van der Waals surface area (Å²) in [4.78, 5) is 20.0. The van der Waals surface area contributed by atoms with Crippen LogP contribution in [0.15, 0.2) is 30.3 Å². The Bertz CT molecular complexity index is 657. The standard InChI is InChI=1S/C15H16ClN3O3/c1-9(20)8-17-15(21)11-4-3-5-12(6-11)22-14-7-13(16)18-10(2)19-14/h3-7,9,20H,8H2,1-2H3,(H,17,21)/t9-/m1/s1. The molecule has 0 fully saturated rings. The van der Waals surface area contributed by atoms with Crippen LogP contribution in [0.2, 0.25) is 5.15 Å². The van der Waals surface area contributed by atoms with E-state index in [9.17, 15) is 9.90 Å². The molecule has 0 aliphatic heterocycles. The van der Waals surface area contributed by atoms with Crippen LogP contribution in [0, 0.1) is 6.92 Å². The van der Waals surface area contributed by atoms with Gasteiger partial charge in [-0.2, -0.15) is 4.98 Å². The molecule has 0 bridgehead atoms. The number of aliphatic hydroxyl groups is 1. The SMILES string of the molecule is Cc1nc(Cl)cc(Oc2cccc(C(=O)NC[C@@H](C)O)c2)n1. The van der Waals surface area contributed by atoms with Gasteiger partial charge in [0.1, 0.15) is 16.7 Å². The molecule has 1 amide bonds. The molecule has 2 N–H and O–H groups in total. The number of hydrogen-bond acceptors (Lipinski definition) is 5. The van der Waals surface area contributed by atoms with Gasteiger partial charge < -0.3 is 15.2 Å². The average Bonchev–Trinajstić information content (AvgIpc) is 2.44. The average molecular weight is 322 g/mol. The fourth-order valence-electron chi connectivity index (χ4n) is 1.72. The van der Waals surface area contributed by atoms with Crippen molar-refractivity contribution in [3.05, 3.63) is 46.9 Å². The summed E-state index contributed by atoms with van der Waals surface area (Å²) in [6, 6.07) is 8.14. The highest BCUT2D eigenvalue weighted by Crippen LogP contribution is 2.22. The van der Waals surface area contributed by atoms with E-state index in [1.807, 2.05) is 0 Å². The Morgan fingerprint density at radius 2 is 2.18 bits per heavy atom. The second kappa shape index (κ2) is 7.20. The lowest BCUT2D eigenvalue weighted by Crippen LogP contribution is -2.30. The molecule has 2 aromatic rings. The Morgan fingerprint density at radius 3 is 2.86 bits per heavy atom. The first-order chi connectivity index (χ1) is 10.4. The van der Waals surface area contributed by atoms with Gasteiger partial charge in [-0.05, 0) is 32.0 Å². The number of carbonyl (C=O) groups excluding carboxylic acids is 1. The number of rotatable bonds is 5. The van der Waals surface area contributed by atoms with Crippen LogP contribution in [0.25, 0.3) is 0 Å². The van der Waals surface area contributed by atoms with Crippen LogP contribution in [0.3, 0.4) is 0 Å². The number of ether oxygens (including phenoxy) is 1. The maximum absolute atomic E-state index is 11.9. The number of carbonyl (C=O) groups is 1. The first-order valence-electron chi connectivity index (χ1n) is 6.69. The number of amides is 1. The van der Waals surface area contributed by atoms with Crippen LogP contribution >= 0.6 is 11.6 Å². The fourth-order valence-corrected chi connectivity index (χ4v) is 1.94. The first-order valence-corrected chi connectivity index (χ1v) is 7.07. The van der Waals surface area contributed by atoms with Crippen LogP contribution in [0.4, 0.5) is 0 Å². The molecule has 0 unspecified atom stereocenters. The Morgan fingerprint density at radius 1 is 1.41 bits per heavy atom. The molecule has 2 rings (SSSR count). The minimum absolute atomic E-state index is 0.185. The number of nitrogens with zero attached hydrogens (tertiary/aromatic N) is 2. The zero-order valence-corrected chi connectivity index (χ0v) is 13.0. The predicted octanol–water partition coefficient (Wildman–Crippen LogP) is 2.34. The minimum atomic E-state index is -0.602. The smallest absolute Gasteiger partial charge is 0.251 e. The van der Waals surface area contributed by atoms with Gasteiger partial charge in [-0.25, -0.2) is 4.98 Å². The van der Waals surface area contributed by atoms with Crippen molar-refractivity contribution in [2.75, 3.05) is 6.54 Å².